The molecule has 21 heavy (non-hydrogen) atoms. The van der Waals surface area contributed by atoms with Crippen molar-refractivity contribution in [2.75, 3.05) is 39.3 Å². The summed E-state index contributed by atoms with van der Waals surface area (Å²) in [6.45, 7) is 8.83. The summed E-state index contributed by atoms with van der Waals surface area (Å²) in [6, 6.07) is 0.0705. The zero-order valence-electron chi connectivity index (χ0n) is 13.0. The van der Waals surface area contributed by atoms with E-state index in [1.54, 1.807) is 0 Å². The average molecular weight is 297 g/mol. The Morgan fingerprint density at radius 3 is 2.19 bits per heavy atom. The molecule has 0 aromatic heterocycles. The number of carbonyl (C=O) groups is 1. The van der Waals surface area contributed by atoms with Gasteiger partial charge >= 0.3 is 6.03 Å². The van der Waals surface area contributed by atoms with Gasteiger partial charge in [-0.05, 0) is 25.7 Å². The molecular formula is C14H27N5O2. The molecule has 2 saturated heterocycles. The maximum atomic E-state index is 12.5. The lowest BCUT2D eigenvalue weighted by atomic mass is 9.99. The highest BCUT2D eigenvalue weighted by atomic mass is 16.4. The number of likely N-dealkylation sites (tertiary alicyclic amines) is 1. The predicted octanol–water partition coefficient (Wildman–Crippen LogP) is 0.591. The molecule has 0 aromatic rings. The number of hydrogen-bond acceptors (Lipinski definition) is 4. The van der Waals surface area contributed by atoms with E-state index in [-0.39, 0.29) is 17.9 Å². The normalized spacial score (nSPS) is 24.2. The zero-order valence-corrected chi connectivity index (χ0v) is 13.0. The maximum absolute atomic E-state index is 12.5. The first-order chi connectivity index (χ1) is 10.0. The van der Waals surface area contributed by atoms with Crippen molar-refractivity contribution in [3.8, 4) is 0 Å². The first kappa shape index (κ1) is 15.9. The number of oxime groups is 1. The number of nitrogens with two attached hydrogens (primary N) is 1. The minimum Gasteiger partial charge on any atom is -0.409 e. The van der Waals surface area contributed by atoms with Crippen molar-refractivity contribution in [1.82, 2.24) is 14.7 Å². The van der Waals surface area contributed by atoms with Crippen LogP contribution in [0.5, 0.6) is 0 Å². The Morgan fingerprint density at radius 2 is 1.67 bits per heavy atom. The number of urea groups is 1. The summed E-state index contributed by atoms with van der Waals surface area (Å²) < 4.78 is 0. The summed E-state index contributed by atoms with van der Waals surface area (Å²) in [7, 11) is 0. The lowest BCUT2D eigenvalue weighted by molar-refractivity contribution is 0.0972. The van der Waals surface area contributed by atoms with Gasteiger partial charge in [-0.1, -0.05) is 12.1 Å². The fraction of sp³-hybridized carbons (Fsp3) is 0.857. The molecule has 1 atom stereocenters. The summed E-state index contributed by atoms with van der Waals surface area (Å²) in [5.41, 5.74) is 5.64. The van der Waals surface area contributed by atoms with Crippen molar-refractivity contribution in [1.29, 1.82) is 0 Å². The molecule has 0 spiro atoms. The molecule has 7 heteroatoms. The number of carbonyl (C=O) groups excluding carboxylic acids is 1. The largest absolute Gasteiger partial charge is 0.409 e. The van der Waals surface area contributed by atoms with E-state index in [1.165, 1.54) is 0 Å². The fourth-order valence-electron chi connectivity index (χ4n) is 2.97. The molecule has 2 fully saturated rings. The van der Waals surface area contributed by atoms with Crippen LogP contribution >= 0.6 is 0 Å². The summed E-state index contributed by atoms with van der Waals surface area (Å²) in [4.78, 5) is 18.5. The third kappa shape index (κ3) is 3.78. The van der Waals surface area contributed by atoms with Crippen LogP contribution in [0, 0.1) is 5.92 Å². The van der Waals surface area contributed by atoms with Crippen LogP contribution in [0.4, 0.5) is 4.79 Å². The van der Waals surface area contributed by atoms with Crippen LogP contribution in [0.25, 0.3) is 0 Å². The molecule has 0 radical (unpaired) electrons. The summed E-state index contributed by atoms with van der Waals surface area (Å²) in [6.07, 6.45) is 2.21. The number of amides is 2. The van der Waals surface area contributed by atoms with Gasteiger partial charge in [-0.25, -0.2) is 4.79 Å². The molecule has 2 amide bonds. The van der Waals surface area contributed by atoms with Gasteiger partial charge in [-0.15, -0.1) is 0 Å². The van der Waals surface area contributed by atoms with Gasteiger partial charge in [-0.2, -0.15) is 0 Å². The Morgan fingerprint density at radius 1 is 1.14 bits per heavy atom. The Bertz CT molecular complexity index is 385. The molecule has 3 N–H and O–H groups in total. The zero-order chi connectivity index (χ0) is 15.4. The van der Waals surface area contributed by atoms with E-state index in [0.29, 0.717) is 13.1 Å². The topological polar surface area (TPSA) is 85.4 Å². The highest BCUT2D eigenvalue weighted by Gasteiger charge is 2.29. The molecule has 120 valence electrons. The van der Waals surface area contributed by atoms with Crippen LogP contribution in [-0.2, 0) is 0 Å². The Labute approximate surface area is 126 Å². The van der Waals surface area contributed by atoms with Gasteiger partial charge in [0.25, 0.3) is 0 Å². The number of piperidine rings is 1. The SMILES string of the molecule is CC1CCN(C(=O)N2CCN(C(C)C(N)=NO)CC2)CC1. The van der Waals surface area contributed by atoms with Gasteiger partial charge < -0.3 is 20.7 Å². The second-order valence-electron chi connectivity index (χ2n) is 6.18. The summed E-state index contributed by atoms with van der Waals surface area (Å²) in [5, 5.41) is 11.8. The molecular weight excluding hydrogens is 270 g/mol. The Kier molecular flexibility index (Phi) is 5.27. The molecule has 2 aliphatic rings. The van der Waals surface area contributed by atoms with E-state index in [0.717, 1.165) is 44.9 Å². The molecule has 1 unspecified atom stereocenters. The molecule has 0 saturated carbocycles. The number of nitrogens with zero attached hydrogens (tertiary/aromatic N) is 4. The third-order valence-corrected chi connectivity index (χ3v) is 4.73. The van der Waals surface area contributed by atoms with Crippen molar-refractivity contribution in [2.24, 2.45) is 16.8 Å². The number of hydrogen-bond donors (Lipinski definition) is 2. The van der Waals surface area contributed by atoms with Gasteiger partial charge in [-0.3, -0.25) is 4.90 Å². The minimum atomic E-state index is -0.0944. The Hall–Kier alpha value is -1.50. The molecule has 0 aromatic carbocycles. The molecule has 2 heterocycles. The molecule has 0 bridgehead atoms. The van der Waals surface area contributed by atoms with E-state index in [2.05, 4.69) is 17.0 Å². The van der Waals surface area contributed by atoms with Crippen LogP contribution in [0.2, 0.25) is 0 Å². The van der Waals surface area contributed by atoms with Crippen LogP contribution < -0.4 is 5.73 Å². The number of rotatable bonds is 2. The second-order valence-corrected chi connectivity index (χ2v) is 6.18. The summed E-state index contributed by atoms with van der Waals surface area (Å²) in [5.74, 6) is 0.951. The van der Waals surface area contributed by atoms with E-state index < -0.39 is 0 Å². The molecule has 7 nitrogen and oxygen atoms in total. The monoisotopic (exact) mass is 297 g/mol. The Balaban J connectivity index is 1.82. The van der Waals surface area contributed by atoms with E-state index in [9.17, 15) is 4.79 Å². The highest BCUT2D eigenvalue weighted by molar-refractivity contribution is 5.84. The minimum absolute atomic E-state index is 0.0944. The van der Waals surface area contributed by atoms with Crippen molar-refractivity contribution >= 4 is 11.9 Å². The van der Waals surface area contributed by atoms with Gasteiger partial charge in [0.05, 0.1) is 6.04 Å². The third-order valence-electron chi connectivity index (χ3n) is 4.73. The van der Waals surface area contributed by atoms with Gasteiger partial charge in [0.1, 0.15) is 0 Å². The van der Waals surface area contributed by atoms with Crippen LogP contribution in [0.15, 0.2) is 5.16 Å². The fourth-order valence-corrected chi connectivity index (χ4v) is 2.97. The number of amidine groups is 1. The summed E-state index contributed by atoms with van der Waals surface area (Å²) >= 11 is 0. The molecule has 2 rings (SSSR count). The molecule has 2 aliphatic heterocycles. The smallest absolute Gasteiger partial charge is 0.320 e. The number of piperazine rings is 1. The van der Waals surface area contributed by atoms with Crippen molar-refractivity contribution in [2.45, 2.75) is 32.7 Å². The van der Waals surface area contributed by atoms with Crippen LogP contribution in [0.1, 0.15) is 26.7 Å². The standard InChI is InChI=1S/C14H27N5O2/c1-11-3-5-18(6-4-11)14(20)19-9-7-17(8-10-19)12(2)13(15)16-21/h11-12,21H,3-10H2,1-2H3,(H2,15,16). The highest BCUT2D eigenvalue weighted by Crippen LogP contribution is 2.18. The quantitative estimate of drug-likeness (QED) is 0.338. The van der Waals surface area contributed by atoms with E-state index >= 15 is 0 Å². The first-order valence-corrected chi connectivity index (χ1v) is 7.78. The van der Waals surface area contributed by atoms with Crippen molar-refractivity contribution in [3.05, 3.63) is 0 Å². The first-order valence-electron chi connectivity index (χ1n) is 7.78. The van der Waals surface area contributed by atoms with Crippen LogP contribution in [-0.4, -0.2) is 77.1 Å². The van der Waals surface area contributed by atoms with Gasteiger partial charge in [0.2, 0.25) is 0 Å². The van der Waals surface area contributed by atoms with Crippen molar-refractivity contribution in [3.63, 3.8) is 0 Å². The van der Waals surface area contributed by atoms with Crippen molar-refractivity contribution < 1.29 is 10.0 Å². The van der Waals surface area contributed by atoms with Gasteiger partial charge in [0, 0.05) is 39.3 Å². The lowest BCUT2D eigenvalue weighted by Crippen LogP contribution is -2.57. The second kappa shape index (κ2) is 6.98. The average Bonchev–Trinajstić information content (AvgIpc) is 2.53. The van der Waals surface area contributed by atoms with E-state index in [4.69, 9.17) is 10.9 Å². The lowest BCUT2D eigenvalue weighted by Gasteiger charge is -2.40. The predicted molar refractivity (Wildman–Crippen MR) is 81.4 cm³/mol. The van der Waals surface area contributed by atoms with Crippen LogP contribution in [0.3, 0.4) is 0 Å². The maximum Gasteiger partial charge on any atom is 0.320 e. The van der Waals surface area contributed by atoms with Gasteiger partial charge in [0.15, 0.2) is 5.84 Å². The molecule has 0 aliphatic carbocycles. The van der Waals surface area contributed by atoms with E-state index in [1.807, 2.05) is 16.7 Å².